The van der Waals surface area contributed by atoms with Crippen molar-refractivity contribution in [1.29, 1.82) is 0 Å². The number of H-pyrrole nitrogens is 1. The first-order chi connectivity index (χ1) is 11.1. The quantitative estimate of drug-likeness (QED) is 0.630. The molecule has 3 heteroatoms. The normalized spacial score (nSPS) is 10.8. The maximum Gasteiger partial charge on any atom is 0.0624 e. The number of aryl methyl sites for hydroxylation is 2. The van der Waals surface area contributed by atoms with Crippen molar-refractivity contribution in [2.45, 2.75) is 34.1 Å². The number of hydrogen-bond donors (Lipinski definition) is 3. The zero-order valence-electron chi connectivity index (χ0n) is 14.7. The molecule has 0 amide bonds. The maximum absolute atomic E-state index is 3.49. The van der Waals surface area contributed by atoms with Crippen LogP contribution in [0.4, 0.5) is 11.4 Å². The number of allylic oxidation sites excluding steroid dienone is 2. The van der Waals surface area contributed by atoms with E-state index in [9.17, 15) is 0 Å². The summed E-state index contributed by atoms with van der Waals surface area (Å²) in [4.78, 5) is 3.47. The van der Waals surface area contributed by atoms with Crippen molar-refractivity contribution in [3.8, 4) is 0 Å². The Morgan fingerprint density at radius 2 is 1.87 bits per heavy atom. The molecule has 0 aliphatic heterocycles. The van der Waals surface area contributed by atoms with Gasteiger partial charge in [0, 0.05) is 35.4 Å². The van der Waals surface area contributed by atoms with E-state index in [1.807, 2.05) is 25.2 Å². The van der Waals surface area contributed by atoms with Crippen LogP contribution < -0.4 is 10.6 Å². The Morgan fingerprint density at radius 1 is 1.17 bits per heavy atom. The second-order valence-electron chi connectivity index (χ2n) is 5.86. The molecule has 2 aromatic rings. The lowest BCUT2D eigenvalue weighted by Gasteiger charge is -2.10. The molecular weight excluding hydrogens is 282 g/mol. The topological polar surface area (TPSA) is 39.9 Å². The molecule has 23 heavy (non-hydrogen) atoms. The van der Waals surface area contributed by atoms with Gasteiger partial charge in [0.15, 0.2) is 0 Å². The summed E-state index contributed by atoms with van der Waals surface area (Å²) in [5, 5.41) is 6.81. The molecule has 122 valence electrons. The third-order valence-electron chi connectivity index (χ3n) is 3.93. The smallest absolute Gasteiger partial charge is 0.0624 e. The molecule has 0 atom stereocenters. The second-order valence-corrected chi connectivity index (χ2v) is 5.86. The highest BCUT2D eigenvalue weighted by molar-refractivity contribution is 5.73. The van der Waals surface area contributed by atoms with Gasteiger partial charge in [-0.1, -0.05) is 30.7 Å². The SMILES string of the molecule is CCc1[nH]c(C)c(/C=C\C(Nc2ccccc2)=C(C)C)c1NC. The molecule has 0 spiro atoms. The molecule has 1 heterocycles. The molecule has 0 aliphatic rings. The summed E-state index contributed by atoms with van der Waals surface area (Å²) in [6.07, 6.45) is 5.32. The maximum atomic E-state index is 3.49. The van der Waals surface area contributed by atoms with Gasteiger partial charge in [-0.15, -0.1) is 0 Å². The minimum Gasteiger partial charge on any atom is -0.386 e. The fourth-order valence-electron chi connectivity index (χ4n) is 2.64. The van der Waals surface area contributed by atoms with Gasteiger partial charge in [-0.3, -0.25) is 0 Å². The van der Waals surface area contributed by atoms with Gasteiger partial charge in [-0.25, -0.2) is 0 Å². The average Bonchev–Trinajstić information content (AvgIpc) is 2.87. The van der Waals surface area contributed by atoms with E-state index >= 15 is 0 Å². The highest BCUT2D eigenvalue weighted by Gasteiger charge is 2.10. The second kappa shape index (κ2) is 7.73. The molecule has 0 aliphatic carbocycles. The minimum absolute atomic E-state index is 0.989. The third kappa shape index (κ3) is 4.07. The van der Waals surface area contributed by atoms with Crippen LogP contribution >= 0.6 is 0 Å². The molecular formula is C20H27N3. The van der Waals surface area contributed by atoms with Crippen LogP contribution in [-0.2, 0) is 6.42 Å². The van der Waals surface area contributed by atoms with Crippen LogP contribution in [-0.4, -0.2) is 12.0 Å². The molecule has 0 radical (unpaired) electrons. The van der Waals surface area contributed by atoms with Gasteiger partial charge in [-0.05, 0) is 51.5 Å². The number of rotatable bonds is 6. The number of nitrogens with one attached hydrogen (secondary N) is 3. The number of para-hydroxylation sites is 1. The number of benzene rings is 1. The van der Waals surface area contributed by atoms with Crippen molar-refractivity contribution in [3.63, 3.8) is 0 Å². The summed E-state index contributed by atoms with van der Waals surface area (Å²) >= 11 is 0. The third-order valence-corrected chi connectivity index (χ3v) is 3.93. The van der Waals surface area contributed by atoms with Gasteiger partial charge in [0.2, 0.25) is 0 Å². The van der Waals surface area contributed by atoms with Crippen LogP contribution in [0.3, 0.4) is 0 Å². The summed E-state index contributed by atoms with van der Waals surface area (Å²) in [5.74, 6) is 0. The standard InChI is InChI=1S/C20H27N3/c1-6-18-20(21-5)17(15(4)22-18)12-13-19(14(2)3)23-16-10-8-7-9-11-16/h7-13,21-23H,6H2,1-5H3/b13-12-. The summed E-state index contributed by atoms with van der Waals surface area (Å²) < 4.78 is 0. The van der Waals surface area contributed by atoms with Crippen LogP contribution in [0.15, 0.2) is 47.7 Å². The zero-order chi connectivity index (χ0) is 16.8. The molecule has 0 saturated heterocycles. The van der Waals surface area contributed by atoms with E-state index < -0.39 is 0 Å². The van der Waals surface area contributed by atoms with E-state index in [2.05, 4.69) is 67.6 Å². The Balaban J connectivity index is 2.30. The Labute approximate surface area is 139 Å². The molecule has 3 nitrogen and oxygen atoms in total. The lowest BCUT2D eigenvalue weighted by Crippen LogP contribution is -1.99. The summed E-state index contributed by atoms with van der Waals surface area (Å²) in [6, 6.07) is 10.3. The van der Waals surface area contributed by atoms with Crippen molar-refractivity contribution in [2.75, 3.05) is 17.7 Å². The molecule has 3 N–H and O–H groups in total. The fraction of sp³-hybridized carbons (Fsp3) is 0.300. The fourth-order valence-corrected chi connectivity index (χ4v) is 2.64. The van der Waals surface area contributed by atoms with E-state index in [-0.39, 0.29) is 0 Å². The van der Waals surface area contributed by atoms with Crippen molar-refractivity contribution in [3.05, 3.63) is 64.6 Å². The zero-order valence-corrected chi connectivity index (χ0v) is 14.7. The molecule has 0 saturated carbocycles. The van der Waals surface area contributed by atoms with Crippen molar-refractivity contribution >= 4 is 17.5 Å². The van der Waals surface area contributed by atoms with Crippen molar-refractivity contribution in [2.24, 2.45) is 0 Å². The van der Waals surface area contributed by atoms with Crippen molar-refractivity contribution < 1.29 is 0 Å². The monoisotopic (exact) mass is 309 g/mol. The molecule has 1 aromatic heterocycles. The van der Waals surface area contributed by atoms with E-state index in [1.54, 1.807) is 0 Å². The molecule has 1 aromatic carbocycles. The van der Waals surface area contributed by atoms with Crippen LogP contribution in [0.2, 0.25) is 0 Å². The first-order valence-electron chi connectivity index (χ1n) is 8.13. The van der Waals surface area contributed by atoms with E-state index in [1.165, 1.54) is 28.2 Å². The van der Waals surface area contributed by atoms with E-state index in [0.717, 1.165) is 17.8 Å². The number of aromatic amines is 1. The lowest BCUT2D eigenvalue weighted by atomic mass is 10.1. The summed E-state index contributed by atoms with van der Waals surface area (Å²) in [5.41, 5.74) is 8.32. The predicted molar refractivity (Wildman–Crippen MR) is 102 cm³/mol. The molecule has 2 rings (SSSR count). The first-order valence-corrected chi connectivity index (χ1v) is 8.13. The van der Waals surface area contributed by atoms with Crippen LogP contribution in [0.5, 0.6) is 0 Å². The van der Waals surface area contributed by atoms with E-state index in [4.69, 9.17) is 0 Å². The first kappa shape index (κ1) is 16.9. The molecule has 0 fully saturated rings. The van der Waals surface area contributed by atoms with Crippen LogP contribution in [0.25, 0.3) is 6.08 Å². The summed E-state index contributed by atoms with van der Waals surface area (Å²) in [6.45, 7) is 8.52. The number of anilines is 2. The van der Waals surface area contributed by atoms with Gasteiger partial charge < -0.3 is 15.6 Å². The number of hydrogen-bond acceptors (Lipinski definition) is 2. The Kier molecular flexibility index (Phi) is 5.69. The Hall–Kier alpha value is -2.42. The lowest BCUT2D eigenvalue weighted by molar-refractivity contribution is 1.04. The van der Waals surface area contributed by atoms with Gasteiger partial charge in [0.25, 0.3) is 0 Å². The largest absolute Gasteiger partial charge is 0.386 e. The van der Waals surface area contributed by atoms with Gasteiger partial charge in [0.05, 0.1) is 5.69 Å². The van der Waals surface area contributed by atoms with Crippen LogP contribution in [0, 0.1) is 6.92 Å². The molecule has 0 unspecified atom stereocenters. The average molecular weight is 309 g/mol. The van der Waals surface area contributed by atoms with Gasteiger partial charge in [0.1, 0.15) is 0 Å². The van der Waals surface area contributed by atoms with Crippen LogP contribution in [0.1, 0.15) is 37.7 Å². The Morgan fingerprint density at radius 3 is 2.43 bits per heavy atom. The Bertz CT molecular complexity index is 702. The summed E-state index contributed by atoms with van der Waals surface area (Å²) in [7, 11) is 1.98. The minimum atomic E-state index is 0.989. The molecule has 0 bridgehead atoms. The highest BCUT2D eigenvalue weighted by atomic mass is 14.9. The van der Waals surface area contributed by atoms with E-state index in [0.29, 0.717) is 0 Å². The number of aromatic nitrogens is 1. The highest BCUT2D eigenvalue weighted by Crippen LogP contribution is 2.27. The predicted octanol–water partition coefficient (Wildman–Crippen LogP) is 5.35. The van der Waals surface area contributed by atoms with Crippen molar-refractivity contribution in [1.82, 2.24) is 4.98 Å². The van der Waals surface area contributed by atoms with Gasteiger partial charge >= 0.3 is 0 Å². The van der Waals surface area contributed by atoms with Gasteiger partial charge in [-0.2, -0.15) is 0 Å².